The van der Waals surface area contributed by atoms with Crippen molar-refractivity contribution in [2.75, 3.05) is 0 Å². The number of aromatic nitrogens is 4. The third-order valence-corrected chi connectivity index (χ3v) is 8.76. The first-order chi connectivity index (χ1) is 21.3. The van der Waals surface area contributed by atoms with Crippen LogP contribution in [0.1, 0.15) is 22.3 Å². The molecular formula is C38H22N4O. The summed E-state index contributed by atoms with van der Waals surface area (Å²) in [6.07, 6.45) is 12.4. The van der Waals surface area contributed by atoms with Crippen LogP contribution in [-0.2, 0) is 0 Å². The van der Waals surface area contributed by atoms with Crippen molar-refractivity contribution in [1.29, 1.82) is 0 Å². The van der Waals surface area contributed by atoms with E-state index in [0.717, 1.165) is 56.3 Å². The van der Waals surface area contributed by atoms with Crippen LogP contribution in [0.2, 0.25) is 0 Å². The van der Waals surface area contributed by atoms with Crippen molar-refractivity contribution in [3.05, 3.63) is 132 Å². The predicted molar refractivity (Wildman–Crippen MR) is 175 cm³/mol. The second-order valence-electron chi connectivity index (χ2n) is 11.1. The summed E-state index contributed by atoms with van der Waals surface area (Å²) in [5.74, 6) is 3.39. The Morgan fingerprint density at radius 1 is 0.442 bits per heavy atom. The molecule has 0 bridgehead atoms. The van der Waals surface area contributed by atoms with Gasteiger partial charge in [0.25, 0.3) is 0 Å². The van der Waals surface area contributed by atoms with Gasteiger partial charge in [0.15, 0.2) is 0 Å². The number of fused-ring (bicyclic) bond motifs is 10. The fourth-order valence-electron chi connectivity index (χ4n) is 6.93. The van der Waals surface area contributed by atoms with Gasteiger partial charge in [-0.25, -0.2) is 9.97 Å². The second kappa shape index (κ2) is 8.30. The number of hydrogen-bond acceptors (Lipinski definition) is 3. The van der Waals surface area contributed by atoms with Gasteiger partial charge in [-0.05, 0) is 59.7 Å². The molecule has 4 aromatic carbocycles. The molecule has 0 fully saturated rings. The number of rotatable bonds is 2. The molecule has 0 atom stereocenters. The van der Waals surface area contributed by atoms with E-state index in [2.05, 4.69) is 118 Å². The molecule has 0 N–H and O–H groups in total. The molecule has 0 spiro atoms. The van der Waals surface area contributed by atoms with Gasteiger partial charge in [-0.1, -0.05) is 60.7 Å². The lowest BCUT2D eigenvalue weighted by molar-refractivity contribution is 0.484. The molecule has 0 saturated heterocycles. The molecule has 10 rings (SSSR count). The molecule has 0 saturated carbocycles. The molecule has 0 unspecified atom stereocenters. The van der Waals surface area contributed by atoms with Crippen LogP contribution in [0.5, 0.6) is 11.5 Å². The zero-order chi connectivity index (χ0) is 28.1. The first-order valence-corrected chi connectivity index (χ1v) is 14.4. The summed E-state index contributed by atoms with van der Waals surface area (Å²) < 4.78 is 11.2. The lowest BCUT2D eigenvalue weighted by Gasteiger charge is -2.12. The Bertz CT molecular complexity index is 2370. The molecule has 0 amide bonds. The average Bonchev–Trinajstić information content (AvgIpc) is 3.41. The van der Waals surface area contributed by atoms with Crippen LogP contribution >= 0.6 is 0 Å². The molecule has 43 heavy (non-hydrogen) atoms. The van der Waals surface area contributed by atoms with E-state index >= 15 is 0 Å². The molecule has 5 heteroatoms. The summed E-state index contributed by atoms with van der Waals surface area (Å²) in [5.41, 5.74) is 8.98. The molecule has 8 aromatic rings. The Kier molecular flexibility index (Phi) is 4.39. The van der Waals surface area contributed by atoms with Crippen molar-refractivity contribution in [1.82, 2.24) is 19.1 Å². The minimum Gasteiger partial charge on any atom is -0.457 e. The zero-order valence-electron chi connectivity index (χ0n) is 22.9. The Morgan fingerprint density at radius 2 is 0.907 bits per heavy atom. The third-order valence-electron chi connectivity index (χ3n) is 8.76. The minimum absolute atomic E-state index is 0.773. The maximum Gasteiger partial charge on any atom is 0.144 e. The highest BCUT2D eigenvalue weighted by molar-refractivity contribution is 6.14. The fraction of sp³-hybridized carbons (Fsp3) is 0. The van der Waals surface area contributed by atoms with Gasteiger partial charge >= 0.3 is 0 Å². The van der Waals surface area contributed by atoms with E-state index in [1.807, 2.05) is 24.5 Å². The Labute approximate surface area is 246 Å². The summed E-state index contributed by atoms with van der Waals surface area (Å²) in [6, 6.07) is 33.9. The smallest absolute Gasteiger partial charge is 0.144 e. The highest BCUT2D eigenvalue weighted by atomic mass is 16.5. The lowest BCUT2D eigenvalue weighted by atomic mass is 10.1. The SMILES string of the molecule is C1=Cc2cccc3c4ccc(Oc5ccc6c7cccc8c7n(c6c5)-c5ncccc5C=C8)cc4n(c23)-c2ncccc21. The van der Waals surface area contributed by atoms with E-state index in [9.17, 15) is 0 Å². The Hall–Kier alpha value is -5.94. The summed E-state index contributed by atoms with van der Waals surface area (Å²) in [4.78, 5) is 9.62. The monoisotopic (exact) mass is 550 g/mol. The van der Waals surface area contributed by atoms with Crippen LogP contribution in [0.3, 0.4) is 0 Å². The van der Waals surface area contributed by atoms with Crippen molar-refractivity contribution >= 4 is 67.9 Å². The van der Waals surface area contributed by atoms with Crippen LogP contribution in [0.4, 0.5) is 0 Å². The van der Waals surface area contributed by atoms with Crippen molar-refractivity contribution < 1.29 is 4.74 Å². The van der Waals surface area contributed by atoms with Gasteiger partial charge in [-0.2, -0.15) is 0 Å². The number of benzene rings is 4. The van der Waals surface area contributed by atoms with Gasteiger partial charge in [0.2, 0.25) is 0 Å². The number of ether oxygens (including phenoxy) is 1. The molecule has 200 valence electrons. The van der Waals surface area contributed by atoms with Gasteiger partial charge < -0.3 is 4.74 Å². The molecule has 0 aliphatic carbocycles. The van der Waals surface area contributed by atoms with E-state index in [4.69, 9.17) is 14.7 Å². The second-order valence-corrected chi connectivity index (χ2v) is 11.1. The summed E-state index contributed by atoms with van der Waals surface area (Å²) in [6.45, 7) is 0. The molecular weight excluding hydrogens is 528 g/mol. The maximum atomic E-state index is 6.62. The van der Waals surface area contributed by atoms with Crippen LogP contribution in [0.25, 0.3) is 79.6 Å². The maximum absolute atomic E-state index is 6.62. The molecule has 4 aromatic heterocycles. The first-order valence-electron chi connectivity index (χ1n) is 14.4. The molecule has 5 nitrogen and oxygen atoms in total. The van der Waals surface area contributed by atoms with Gasteiger partial charge in [0.05, 0.1) is 22.1 Å². The summed E-state index contributed by atoms with van der Waals surface area (Å²) >= 11 is 0. The quantitative estimate of drug-likeness (QED) is 0.215. The van der Waals surface area contributed by atoms with E-state index in [1.165, 1.54) is 32.7 Å². The number of hydrogen-bond donors (Lipinski definition) is 0. The molecule has 2 aliphatic rings. The zero-order valence-corrected chi connectivity index (χ0v) is 22.9. The van der Waals surface area contributed by atoms with E-state index in [-0.39, 0.29) is 0 Å². The fourth-order valence-corrected chi connectivity index (χ4v) is 6.93. The van der Waals surface area contributed by atoms with E-state index in [0.29, 0.717) is 0 Å². The normalized spacial score (nSPS) is 12.9. The minimum atomic E-state index is 0.773. The van der Waals surface area contributed by atoms with E-state index < -0.39 is 0 Å². The standard InChI is InChI=1S/C38H22N4O/c1-5-23-11-13-25-7-3-19-39-37(25)41-33-21-27(15-17-29(33)31(9-1)35(23)41)43-28-16-18-30-32-10-2-6-24-12-14-26-8-4-20-40-38(26)42(36(24)32)34(30)22-28/h1-22H. The van der Waals surface area contributed by atoms with Crippen LogP contribution < -0.4 is 4.74 Å². The highest BCUT2D eigenvalue weighted by Crippen LogP contribution is 2.41. The first kappa shape index (κ1) is 22.7. The lowest BCUT2D eigenvalue weighted by Crippen LogP contribution is -2.00. The Morgan fingerprint density at radius 3 is 1.42 bits per heavy atom. The topological polar surface area (TPSA) is 44.9 Å². The van der Waals surface area contributed by atoms with Crippen molar-refractivity contribution in [3.8, 4) is 23.1 Å². The number of pyridine rings is 2. The Balaban J connectivity index is 1.17. The van der Waals surface area contributed by atoms with Crippen molar-refractivity contribution in [3.63, 3.8) is 0 Å². The van der Waals surface area contributed by atoms with Crippen LogP contribution in [0.15, 0.2) is 109 Å². The number of nitrogens with zero attached hydrogens (tertiary/aromatic N) is 4. The number of para-hydroxylation sites is 2. The third kappa shape index (κ3) is 3.11. The molecule has 2 aliphatic heterocycles. The van der Waals surface area contributed by atoms with Crippen molar-refractivity contribution in [2.24, 2.45) is 0 Å². The molecule has 6 heterocycles. The average molecular weight is 551 g/mol. The van der Waals surface area contributed by atoms with Gasteiger partial charge in [0, 0.05) is 57.2 Å². The van der Waals surface area contributed by atoms with Gasteiger partial charge in [0.1, 0.15) is 23.1 Å². The van der Waals surface area contributed by atoms with Crippen LogP contribution in [-0.4, -0.2) is 19.1 Å². The predicted octanol–water partition coefficient (Wildman–Crippen LogP) is 9.43. The summed E-state index contributed by atoms with van der Waals surface area (Å²) in [7, 11) is 0. The van der Waals surface area contributed by atoms with Crippen molar-refractivity contribution in [2.45, 2.75) is 0 Å². The highest BCUT2D eigenvalue weighted by Gasteiger charge is 2.21. The molecule has 0 radical (unpaired) electrons. The van der Waals surface area contributed by atoms with E-state index in [1.54, 1.807) is 0 Å². The van der Waals surface area contributed by atoms with Gasteiger partial charge in [-0.15, -0.1) is 0 Å². The largest absolute Gasteiger partial charge is 0.457 e. The van der Waals surface area contributed by atoms with Crippen LogP contribution in [0, 0.1) is 0 Å². The summed E-state index contributed by atoms with van der Waals surface area (Å²) in [5, 5.41) is 4.75. The van der Waals surface area contributed by atoms with Gasteiger partial charge in [-0.3, -0.25) is 9.13 Å².